The Morgan fingerprint density at radius 2 is 1.97 bits per heavy atom. The highest BCUT2D eigenvalue weighted by molar-refractivity contribution is 7.99. The minimum absolute atomic E-state index is 0.0145. The van der Waals surface area contributed by atoms with Crippen molar-refractivity contribution in [2.24, 2.45) is 0 Å². The second kappa shape index (κ2) is 9.95. The van der Waals surface area contributed by atoms with Crippen molar-refractivity contribution in [3.63, 3.8) is 0 Å². The summed E-state index contributed by atoms with van der Waals surface area (Å²) in [5.74, 6) is 0.440. The van der Waals surface area contributed by atoms with E-state index in [4.69, 9.17) is 10.00 Å². The molecule has 0 atom stereocenters. The molecule has 0 fully saturated rings. The molecule has 0 saturated carbocycles. The quantitative estimate of drug-likeness (QED) is 0.483. The number of aromatic hydroxyl groups is 1. The van der Waals surface area contributed by atoms with Crippen LogP contribution in [0.5, 0.6) is 11.5 Å². The van der Waals surface area contributed by atoms with Crippen molar-refractivity contribution < 1.29 is 14.6 Å². The Kier molecular flexibility index (Phi) is 7.10. The van der Waals surface area contributed by atoms with Crippen LogP contribution < -0.4 is 4.74 Å². The maximum absolute atomic E-state index is 11.7. The van der Waals surface area contributed by atoms with Gasteiger partial charge in [0.1, 0.15) is 23.1 Å². The molecule has 1 aromatic heterocycles. The summed E-state index contributed by atoms with van der Waals surface area (Å²) in [7, 11) is 0. The number of phenolic OH excluding ortho intramolecular Hbond substituents is 1. The number of nitrogens with zero attached hydrogens (tertiary/aromatic N) is 2. The average molecular weight is 419 g/mol. The molecule has 30 heavy (non-hydrogen) atoms. The Labute approximate surface area is 180 Å². The zero-order valence-corrected chi connectivity index (χ0v) is 17.7. The van der Waals surface area contributed by atoms with Crippen LogP contribution in [0.25, 0.3) is 0 Å². The number of hydrogen-bond acceptors (Lipinski definition) is 6. The molecule has 0 bridgehead atoms. The lowest BCUT2D eigenvalue weighted by molar-refractivity contribution is 0.101. The minimum atomic E-state index is -0.167. The highest BCUT2D eigenvalue weighted by atomic mass is 32.2. The van der Waals surface area contributed by atoms with Gasteiger partial charge in [-0.25, -0.2) is 4.98 Å². The van der Waals surface area contributed by atoms with Crippen LogP contribution in [-0.2, 0) is 13.0 Å². The van der Waals surface area contributed by atoms with Crippen molar-refractivity contribution in [1.82, 2.24) is 4.98 Å². The average Bonchev–Trinajstić information content (AvgIpc) is 2.75. The molecule has 3 aromatic rings. The summed E-state index contributed by atoms with van der Waals surface area (Å²) in [6, 6.07) is 16.8. The van der Waals surface area contributed by atoms with E-state index in [9.17, 15) is 9.90 Å². The normalized spacial score (nSPS) is 10.4. The first kappa shape index (κ1) is 21.4. The van der Waals surface area contributed by atoms with Crippen LogP contribution in [0, 0.1) is 11.3 Å². The molecule has 0 saturated heterocycles. The molecular formula is C24H22N2O3S. The standard InChI is InChI=1S/C24H22N2O3S/c1-3-4-21-22(10-9-20(16(2)27)24(21)28)29-15-17-5-7-19(8-6-17)30-23-13-18(14-25)11-12-26-23/h5-13,28H,3-4,15H2,1-2H3. The molecular weight excluding hydrogens is 396 g/mol. The third-order valence-corrected chi connectivity index (χ3v) is 5.46. The van der Waals surface area contributed by atoms with Crippen molar-refractivity contribution in [2.45, 2.75) is 43.2 Å². The minimum Gasteiger partial charge on any atom is -0.507 e. The first-order valence-electron chi connectivity index (χ1n) is 9.63. The number of pyridine rings is 1. The summed E-state index contributed by atoms with van der Waals surface area (Å²) in [6.45, 7) is 3.81. The second-order valence-corrected chi connectivity index (χ2v) is 7.87. The van der Waals surface area contributed by atoms with E-state index in [2.05, 4.69) is 11.1 Å². The smallest absolute Gasteiger partial charge is 0.163 e. The van der Waals surface area contributed by atoms with E-state index in [1.54, 1.807) is 30.5 Å². The SMILES string of the molecule is CCCc1c(OCc2ccc(Sc3cc(C#N)ccn3)cc2)ccc(C(C)=O)c1O. The summed E-state index contributed by atoms with van der Waals surface area (Å²) >= 11 is 1.49. The number of ether oxygens (including phenoxy) is 1. The number of benzene rings is 2. The Balaban J connectivity index is 1.70. The summed E-state index contributed by atoms with van der Waals surface area (Å²) in [5.41, 5.74) is 2.55. The molecule has 0 aliphatic heterocycles. The van der Waals surface area contributed by atoms with Crippen molar-refractivity contribution in [1.29, 1.82) is 5.26 Å². The van der Waals surface area contributed by atoms with Crippen LogP contribution in [0.4, 0.5) is 0 Å². The number of Topliss-reactive ketones (excluding diaryl/α,β-unsaturated/α-hetero) is 1. The Bertz CT molecular complexity index is 1090. The third kappa shape index (κ3) is 5.19. The first-order valence-corrected chi connectivity index (χ1v) is 10.4. The fourth-order valence-corrected chi connectivity index (χ4v) is 3.81. The molecule has 1 heterocycles. The van der Waals surface area contributed by atoms with E-state index < -0.39 is 0 Å². The van der Waals surface area contributed by atoms with E-state index in [0.717, 1.165) is 21.9 Å². The van der Waals surface area contributed by atoms with Crippen LogP contribution in [-0.4, -0.2) is 15.9 Å². The van der Waals surface area contributed by atoms with Gasteiger partial charge in [0, 0.05) is 16.7 Å². The predicted octanol–water partition coefficient (Wildman–Crippen LogP) is 5.54. The molecule has 0 spiro atoms. The van der Waals surface area contributed by atoms with Crippen molar-refractivity contribution in [2.75, 3.05) is 0 Å². The summed E-state index contributed by atoms with van der Waals surface area (Å²) in [5, 5.41) is 20.2. The molecule has 6 heteroatoms. The zero-order valence-electron chi connectivity index (χ0n) is 16.9. The fraction of sp³-hybridized carbons (Fsp3) is 0.208. The summed E-state index contributed by atoms with van der Waals surface area (Å²) < 4.78 is 5.95. The van der Waals surface area contributed by atoms with Gasteiger partial charge in [-0.15, -0.1) is 0 Å². The molecule has 3 rings (SSSR count). The van der Waals surface area contributed by atoms with Crippen LogP contribution in [0.2, 0.25) is 0 Å². The second-order valence-electron chi connectivity index (χ2n) is 6.77. The van der Waals surface area contributed by atoms with Crippen LogP contribution in [0.3, 0.4) is 0 Å². The Hall–Kier alpha value is -3.30. The molecule has 0 aliphatic carbocycles. The Morgan fingerprint density at radius 1 is 1.20 bits per heavy atom. The highest BCUT2D eigenvalue weighted by Crippen LogP contribution is 2.33. The van der Waals surface area contributed by atoms with Gasteiger partial charge in [0.2, 0.25) is 0 Å². The number of phenols is 1. The van der Waals surface area contributed by atoms with Gasteiger partial charge in [0.05, 0.1) is 17.2 Å². The fourth-order valence-electron chi connectivity index (χ4n) is 3.00. The summed E-state index contributed by atoms with van der Waals surface area (Å²) in [4.78, 5) is 17.0. The number of aromatic nitrogens is 1. The van der Waals surface area contributed by atoms with E-state index in [-0.39, 0.29) is 11.5 Å². The number of carbonyl (C=O) groups is 1. The van der Waals surface area contributed by atoms with Crippen LogP contribution in [0.1, 0.15) is 47.3 Å². The Morgan fingerprint density at radius 3 is 2.63 bits per heavy atom. The largest absolute Gasteiger partial charge is 0.507 e. The lowest BCUT2D eigenvalue weighted by atomic mass is 10.0. The van der Waals surface area contributed by atoms with E-state index >= 15 is 0 Å². The van der Waals surface area contributed by atoms with Crippen molar-refractivity contribution in [3.05, 3.63) is 77.0 Å². The van der Waals surface area contributed by atoms with Crippen LogP contribution in [0.15, 0.2) is 64.6 Å². The molecule has 0 aliphatic rings. The third-order valence-electron chi connectivity index (χ3n) is 4.52. The molecule has 1 N–H and O–H groups in total. The maximum atomic E-state index is 11.7. The molecule has 2 aromatic carbocycles. The lowest BCUT2D eigenvalue weighted by Crippen LogP contribution is -2.02. The number of hydrogen-bond donors (Lipinski definition) is 1. The number of rotatable bonds is 8. The van der Waals surface area contributed by atoms with Gasteiger partial charge in [-0.1, -0.05) is 37.2 Å². The zero-order chi connectivity index (χ0) is 21.5. The van der Waals surface area contributed by atoms with Gasteiger partial charge < -0.3 is 9.84 Å². The van der Waals surface area contributed by atoms with Crippen molar-refractivity contribution in [3.8, 4) is 17.6 Å². The molecule has 5 nitrogen and oxygen atoms in total. The van der Waals surface area contributed by atoms with E-state index in [0.29, 0.717) is 35.5 Å². The monoisotopic (exact) mass is 418 g/mol. The highest BCUT2D eigenvalue weighted by Gasteiger charge is 2.16. The first-order chi connectivity index (χ1) is 14.5. The van der Waals surface area contributed by atoms with Gasteiger partial charge in [-0.3, -0.25) is 4.79 Å². The van der Waals surface area contributed by atoms with Gasteiger partial charge in [0.15, 0.2) is 5.78 Å². The maximum Gasteiger partial charge on any atom is 0.163 e. The van der Waals surface area contributed by atoms with Crippen LogP contribution >= 0.6 is 11.8 Å². The predicted molar refractivity (Wildman–Crippen MR) is 116 cm³/mol. The molecule has 0 unspecified atom stereocenters. The van der Waals surface area contributed by atoms with E-state index in [1.165, 1.54) is 18.7 Å². The van der Waals surface area contributed by atoms with Gasteiger partial charge in [-0.05, 0) is 55.3 Å². The van der Waals surface area contributed by atoms with E-state index in [1.807, 2.05) is 31.2 Å². The lowest BCUT2D eigenvalue weighted by Gasteiger charge is -2.15. The van der Waals surface area contributed by atoms with Gasteiger partial charge in [0.25, 0.3) is 0 Å². The van der Waals surface area contributed by atoms with Crippen molar-refractivity contribution >= 4 is 17.5 Å². The number of ketones is 1. The topological polar surface area (TPSA) is 83.2 Å². The molecule has 0 amide bonds. The molecule has 152 valence electrons. The van der Waals surface area contributed by atoms with Gasteiger partial charge >= 0.3 is 0 Å². The number of nitriles is 1. The van der Waals surface area contributed by atoms with Gasteiger partial charge in [-0.2, -0.15) is 5.26 Å². The summed E-state index contributed by atoms with van der Waals surface area (Å²) in [6.07, 6.45) is 3.09. The number of carbonyl (C=O) groups excluding carboxylic acids is 1. The molecule has 0 radical (unpaired) electrons.